The molecule has 1 atom stereocenters. The van der Waals surface area contributed by atoms with Crippen LogP contribution in [0.15, 0.2) is 60.3 Å². The minimum atomic E-state index is -1.13. The van der Waals surface area contributed by atoms with E-state index in [0.717, 1.165) is 12.0 Å². The molecule has 11 heteroatoms. The number of non-ortho nitro benzene ring substituents is 1. The average molecular weight is 509 g/mol. The molecule has 37 heavy (non-hydrogen) atoms. The molecule has 3 rings (SSSR count). The summed E-state index contributed by atoms with van der Waals surface area (Å²) in [5.74, 6) is -2.38. The maximum atomic E-state index is 13.4. The summed E-state index contributed by atoms with van der Waals surface area (Å²) in [6.45, 7) is 1.64. The molecule has 2 aromatic carbocycles. The molecule has 3 amide bonds. The fourth-order valence-electron chi connectivity index (χ4n) is 3.87. The number of piperazine rings is 1. The summed E-state index contributed by atoms with van der Waals surface area (Å²) >= 11 is 0. The van der Waals surface area contributed by atoms with Crippen molar-refractivity contribution in [1.29, 1.82) is 0 Å². The lowest BCUT2D eigenvalue weighted by atomic mass is 10.1. The van der Waals surface area contributed by atoms with E-state index >= 15 is 0 Å². The monoisotopic (exact) mass is 508 g/mol. The van der Waals surface area contributed by atoms with Crippen molar-refractivity contribution in [3.63, 3.8) is 0 Å². The van der Waals surface area contributed by atoms with E-state index in [0.29, 0.717) is 12.0 Å². The molecule has 1 aliphatic rings. The number of carbonyl (C=O) groups is 4. The minimum Gasteiger partial charge on any atom is -0.466 e. The molecule has 2 N–H and O–H groups in total. The van der Waals surface area contributed by atoms with Crippen LogP contribution < -0.4 is 10.6 Å². The average Bonchev–Trinajstić information content (AvgIpc) is 2.87. The largest absolute Gasteiger partial charge is 0.466 e. The Morgan fingerprint density at radius 3 is 2.65 bits per heavy atom. The van der Waals surface area contributed by atoms with E-state index in [1.165, 1.54) is 42.2 Å². The van der Waals surface area contributed by atoms with E-state index in [2.05, 4.69) is 10.6 Å². The second-order valence-corrected chi connectivity index (χ2v) is 8.41. The van der Waals surface area contributed by atoms with Crippen molar-refractivity contribution in [2.24, 2.45) is 0 Å². The van der Waals surface area contributed by atoms with Crippen molar-refractivity contribution in [3.8, 4) is 0 Å². The summed E-state index contributed by atoms with van der Waals surface area (Å²) in [5, 5.41) is 16.2. The van der Waals surface area contributed by atoms with Gasteiger partial charge in [0.1, 0.15) is 11.7 Å². The van der Waals surface area contributed by atoms with Gasteiger partial charge < -0.3 is 20.3 Å². The van der Waals surface area contributed by atoms with Crippen LogP contribution in [0.25, 0.3) is 6.08 Å². The number of aryl methyl sites for hydroxylation is 1. The molecular weight excluding hydrogens is 480 g/mol. The predicted molar refractivity (Wildman–Crippen MR) is 134 cm³/mol. The number of benzene rings is 2. The van der Waals surface area contributed by atoms with Gasteiger partial charge in [-0.1, -0.05) is 42.5 Å². The molecule has 2 aromatic rings. The SMILES string of the molecule is CC(=O)N/C(=C\c1cccc([N+](=O)[O-])c1)C(=O)N1CCNC(=O)C1CC(=O)OCCCc1ccccc1. The third-order valence-electron chi connectivity index (χ3n) is 5.60. The molecule has 0 bridgehead atoms. The highest BCUT2D eigenvalue weighted by molar-refractivity contribution is 6.03. The van der Waals surface area contributed by atoms with Gasteiger partial charge in [0.15, 0.2) is 0 Å². The summed E-state index contributed by atoms with van der Waals surface area (Å²) in [4.78, 5) is 62.0. The maximum Gasteiger partial charge on any atom is 0.308 e. The fraction of sp³-hybridized carbons (Fsp3) is 0.308. The zero-order valence-corrected chi connectivity index (χ0v) is 20.3. The van der Waals surface area contributed by atoms with Gasteiger partial charge in [-0.3, -0.25) is 29.3 Å². The first-order chi connectivity index (χ1) is 17.7. The molecule has 1 heterocycles. The number of amides is 3. The Kier molecular flexibility index (Phi) is 9.48. The number of nitrogens with one attached hydrogen (secondary N) is 2. The highest BCUT2D eigenvalue weighted by atomic mass is 16.6. The maximum absolute atomic E-state index is 13.4. The van der Waals surface area contributed by atoms with Crippen molar-refractivity contribution in [3.05, 3.63) is 81.5 Å². The lowest BCUT2D eigenvalue weighted by Crippen LogP contribution is -2.58. The van der Waals surface area contributed by atoms with Crippen LogP contribution in [0.5, 0.6) is 0 Å². The number of nitro benzene ring substituents is 1. The Hall–Kier alpha value is -4.54. The normalized spacial score (nSPS) is 15.5. The van der Waals surface area contributed by atoms with Crippen LogP contribution in [0.2, 0.25) is 0 Å². The number of rotatable bonds is 10. The van der Waals surface area contributed by atoms with Crippen LogP contribution in [0.3, 0.4) is 0 Å². The van der Waals surface area contributed by atoms with Crippen LogP contribution in [0.1, 0.15) is 30.9 Å². The van der Waals surface area contributed by atoms with Crippen molar-refractivity contribution in [2.45, 2.75) is 32.2 Å². The number of carbonyl (C=O) groups excluding carboxylic acids is 4. The van der Waals surface area contributed by atoms with Crippen LogP contribution in [-0.4, -0.2) is 59.3 Å². The second kappa shape index (κ2) is 13.0. The number of nitrogens with zero attached hydrogens (tertiary/aromatic N) is 2. The molecular formula is C26H28N4O7. The second-order valence-electron chi connectivity index (χ2n) is 8.41. The Morgan fingerprint density at radius 2 is 1.95 bits per heavy atom. The summed E-state index contributed by atoms with van der Waals surface area (Å²) in [7, 11) is 0. The first-order valence-corrected chi connectivity index (χ1v) is 11.8. The zero-order valence-electron chi connectivity index (χ0n) is 20.3. The Labute approximate surface area is 213 Å². The zero-order chi connectivity index (χ0) is 26.8. The first-order valence-electron chi connectivity index (χ1n) is 11.8. The van der Waals surface area contributed by atoms with E-state index in [9.17, 15) is 29.3 Å². The van der Waals surface area contributed by atoms with E-state index in [1.807, 2.05) is 30.3 Å². The third kappa shape index (κ3) is 7.99. The molecule has 1 saturated heterocycles. The summed E-state index contributed by atoms with van der Waals surface area (Å²) in [5.41, 5.74) is 1.06. The van der Waals surface area contributed by atoms with Crippen LogP contribution in [-0.2, 0) is 30.3 Å². The molecule has 0 aliphatic carbocycles. The van der Waals surface area contributed by atoms with E-state index in [4.69, 9.17) is 4.74 Å². The molecule has 1 aliphatic heterocycles. The summed E-state index contributed by atoms with van der Waals surface area (Å²) in [6.07, 6.45) is 2.27. The number of nitro groups is 1. The van der Waals surface area contributed by atoms with E-state index in [1.54, 1.807) is 0 Å². The molecule has 11 nitrogen and oxygen atoms in total. The molecule has 1 unspecified atom stereocenters. The quantitative estimate of drug-likeness (QED) is 0.164. The molecule has 0 aromatic heterocycles. The summed E-state index contributed by atoms with van der Waals surface area (Å²) < 4.78 is 5.29. The van der Waals surface area contributed by atoms with E-state index < -0.39 is 34.7 Å². The molecule has 0 spiro atoms. The minimum absolute atomic E-state index is 0.0996. The molecule has 0 saturated carbocycles. The number of hydrogen-bond donors (Lipinski definition) is 2. The number of esters is 1. The van der Waals surface area contributed by atoms with Gasteiger partial charge in [0, 0.05) is 32.1 Å². The van der Waals surface area contributed by atoms with Crippen molar-refractivity contribution in [2.75, 3.05) is 19.7 Å². The smallest absolute Gasteiger partial charge is 0.308 e. The van der Waals surface area contributed by atoms with Crippen LogP contribution in [0.4, 0.5) is 5.69 Å². The molecule has 194 valence electrons. The van der Waals surface area contributed by atoms with Gasteiger partial charge in [-0.2, -0.15) is 0 Å². The fourth-order valence-corrected chi connectivity index (χ4v) is 3.87. The standard InChI is InChI=1S/C26H28N4O7/c1-18(31)28-22(16-20-9-5-11-21(15-20)30(35)36)26(34)29-13-12-27-25(33)23(29)17-24(32)37-14-6-10-19-7-3-2-4-8-19/h2-5,7-9,11,15-16,23H,6,10,12-14,17H2,1H3,(H,27,33)(H,28,31)/b22-16-. The third-order valence-corrected chi connectivity index (χ3v) is 5.60. The molecule has 1 fully saturated rings. The predicted octanol–water partition coefficient (Wildman–Crippen LogP) is 1.96. The van der Waals surface area contributed by atoms with Gasteiger partial charge in [0.25, 0.3) is 11.6 Å². The van der Waals surface area contributed by atoms with Gasteiger partial charge in [-0.15, -0.1) is 0 Å². The molecule has 0 radical (unpaired) electrons. The van der Waals surface area contributed by atoms with E-state index in [-0.39, 0.29) is 37.5 Å². The van der Waals surface area contributed by atoms with Gasteiger partial charge >= 0.3 is 5.97 Å². The number of hydrogen-bond acceptors (Lipinski definition) is 7. The lowest BCUT2D eigenvalue weighted by Gasteiger charge is -2.35. The summed E-state index contributed by atoms with van der Waals surface area (Å²) in [6, 6.07) is 14.1. The number of ether oxygens (including phenoxy) is 1. The highest BCUT2D eigenvalue weighted by Gasteiger charge is 2.36. The van der Waals surface area contributed by atoms with Gasteiger partial charge in [0.05, 0.1) is 18.0 Å². The van der Waals surface area contributed by atoms with Crippen molar-refractivity contribution < 1.29 is 28.8 Å². The van der Waals surface area contributed by atoms with Crippen molar-refractivity contribution in [1.82, 2.24) is 15.5 Å². The van der Waals surface area contributed by atoms with Gasteiger partial charge in [0.2, 0.25) is 11.8 Å². The van der Waals surface area contributed by atoms with Gasteiger partial charge in [-0.25, -0.2) is 0 Å². The Balaban J connectivity index is 1.70. The topological polar surface area (TPSA) is 148 Å². The van der Waals surface area contributed by atoms with Crippen LogP contribution in [0, 0.1) is 10.1 Å². The Morgan fingerprint density at radius 1 is 1.19 bits per heavy atom. The first kappa shape index (κ1) is 27.1. The Bertz CT molecular complexity index is 1200. The lowest BCUT2D eigenvalue weighted by molar-refractivity contribution is -0.384. The van der Waals surface area contributed by atoms with Crippen LogP contribution >= 0.6 is 0 Å². The van der Waals surface area contributed by atoms with Gasteiger partial charge in [-0.05, 0) is 30.0 Å². The van der Waals surface area contributed by atoms with Crippen molar-refractivity contribution >= 4 is 35.5 Å². The highest BCUT2D eigenvalue weighted by Crippen LogP contribution is 2.18.